The summed E-state index contributed by atoms with van der Waals surface area (Å²) in [7, 11) is -3.36. The average molecular weight is 358 g/mol. The van der Waals surface area contributed by atoms with E-state index in [0.29, 0.717) is 26.1 Å². The largest absolute Gasteiger partial charge is 0.341 e. The van der Waals surface area contributed by atoms with E-state index in [4.69, 9.17) is 0 Å². The second kappa shape index (κ2) is 7.30. The molecule has 2 heterocycles. The van der Waals surface area contributed by atoms with Gasteiger partial charge in [-0.2, -0.15) is 4.31 Å². The van der Waals surface area contributed by atoms with Gasteiger partial charge in [-0.1, -0.05) is 12.8 Å². The zero-order valence-electron chi connectivity index (χ0n) is 14.9. The maximum absolute atomic E-state index is 13.1. The third-order valence-electron chi connectivity index (χ3n) is 5.85. The van der Waals surface area contributed by atoms with Gasteiger partial charge in [-0.15, -0.1) is 0 Å². The summed E-state index contributed by atoms with van der Waals surface area (Å²) in [4.78, 5) is 14.5. The summed E-state index contributed by atoms with van der Waals surface area (Å²) in [6.45, 7) is 6.29. The lowest BCUT2D eigenvalue weighted by Crippen LogP contribution is -2.59. The minimum Gasteiger partial charge on any atom is -0.341 e. The summed E-state index contributed by atoms with van der Waals surface area (Å²) < 4.78 is 28.0. The minimum absolute atomic E-state index is 0.0212. The first-order valence-corrected chi connectivity index (χ1v) is 10.9. The number of nitrogens with zero attached hydrogens (tertiary/aromatic N) is 2. The Kier molecular flexibility index (Phi) is 5.52. The van der Waals surface area contributed by atoms with Gasteiger partial charge in [0, 0.05) is 44.2 Å². The highest BCUT2D eigenvalue weighted by Crippen LogP contribution is 2.29. The van der Waals surface area contributed by atoms with Crippen molar-refractivity contribution in [3.05, 3.63) is 0 Å². The molecule has 1 amide bonds. The van der Waals surface area contributed by atoms with Crippen molar-refractivity contribution in [2.24, 2.45) is 5.92 Å². The molecule has 2 aliphatic heterocycles. The van der Waals surface area contributed by atoms with Gasteiger partial charge in [-0.25, -0.2) is 8.42 Å². The van der Waals surface area contributed by atoms with Gasteiger partial charge in [0.15, 0.2) is 0 Å². The Labute approximate surface area is 146 Å². The molecule has 1 aliphatic carbocycles. The normalized spacial score (nSPS) is 33.8. The highest BCUT2D eigenvalue weighted by molar-refractivity contribution is 7.89. The summed E-state index contributed by atoms with van der Waals surface area (Å²) in [5.74, 6) is 0.318. The van der Waals surface area contributed by atoms with Crippen molar-refractivity contribution in [3.8, 4) is 0 Å². The summed E-state index contributed by atoms with van der Waals surface area (Å²) >= 11 is 0. The molecule has 0 radical (unpaired) electrons. The third-order valence-corrected chi connectivity index (χ3v) is 8.24. The van der Waals surface area contributed by atoms with E-state index in [-0.39, 0.29) is 23.9 Å². The fraction of sp³-hybridized carbons (Fsp3) is 0.941. The smallest absolute Gasteiger partial charge is 0.225 e. The van der Waals surface area contributed by atoms with Crippen LogP contribution in [-0.2, 0) is 14.8 Å². The van der Waals surface area contributed by atoms with Crippen LogP contribution in [0.5, 0.6) is 0 Å². The van der Waals surface area contributed by atoms with Crippen LogP contribution >= 0.6 is 0 Å². The number of carbonyl (C=O) groups excluding carboxylic acids is 1. The molecular weight excluding hydrogens is 326 g/mol. The number of sulfonamides is 1. The van der Waals surface area contributed by atoms with Crippen LogP contribution < -0.4 is 5.32 Å². The molecule has 3 unspecified atom stereocenters. The quantitative estimate of drug-likeness (QED) is 0.823. The molecule has 1 saturated carbocycles. The molecule has 1 N–H and O–H groups in total. The average Bonchev–Trinajstić information content (AvgIpc) is 3.11. The fourth-order valence-corrected chi connectivity index (χ4v) is 6.57. The number of amides is 1. The predicted molar refractivity (Wildman–Crippen MR) is 94.1 cm³/mol. The first-order valence-electron chi connectivity index (χ1n) is 9.42. The van der Waals surface area contributed by atoms with Gasteiger partial charge in [-0.3, -0.25) is 4.79 Å². The van der Waals surface area contributed by atoms with Gasteiger partial charge in [0.05, 0.1) is 5.25 Å². The molecule has 0 bridgehead atoms. The van der Waals surface area contributed by atoms with Gasteiger partial charge in [0.1, 0.15) is 0 Å². The number of hydrogen-bond acceptors (Lipinski definition) is 4. The monoisotopic (exact) mass is 357 g/mol. The fourth-order valence-electron chi connectivity index (χ4n) is 4.35. The summed E-state index contributed by atoms with van der Waals surface area (Å²) in [6, 6.07) is 0.155. The highest BCUT2D eigenvalue weighted by atomic mass is 32.2. The van der Waals surface area contributed by atoms with Crippen molar-refractivity contribution in [1.29, 1.82) is 0 Å². The summed E-state index contributed by atoms with van der Waals surface area (Å²) in [5, 5.41) is 2.89. The van der Waals surface area contributed by atoms with Crippen molar-refractivity contribution >= 4 is 15.9 Å². The maximum Gasteiger partial charge on any atom is 0.225 e. The van der Waals surface area contributed by atoms with E-state index in [1.807, 2.05) is 18.7 Å². The van der Waals surface area contributed by atoms with Crippen molar-refractivity contribution in [2.45, 2.75) is 69.7 Å². The summed E-state index contributed by atoms with van der Waals surface area (Å²) in [5.41, 5.74) is 0. The highest BCUT2D eigenvalue weighted by Gasteiger charge is 2.41. The van der Waals surface area contributed by atoms with Crippen LogP contribution in [0.25, 0.3) is 0 Å². The van der Waals surface area contributed by atoms with Gasteiger partial charge >= 0.3 is 0 Å². The molecule has 7 heteroatoms. The number of piperidine rings is 1. The number of likely N-dealkylation sites (tertiary alicyclic amines) is 1. The molecule has 0 aromatic carbocycles. The Bertz CT molecular complexity index is 559. The van der Waals surface area contributed by atoms with E-state index < -0.39 is 15.3 Å². The Balaban J connectivity index is 1.69. The zero-order chi connectivity index (χ0) is 17.3. The van der Waals surface area contributed by atoms with Crippen LogP contribution in [0, 0.1) is 5.92 Å². The Morgan fingerprint density at radius 1 is 1.04 bits per heavy atom. The Morgan fingerprint density at radius 2 is 1.75 bits per heavy atom. The van der Waals surface area contributed by atoms with Crippen molar-refractivity contribution in [3.63, 3.8) is 0 Å². The van der Waals surface area contributed by atoms with Crippen LogP contribution in [0.3, 0.4) is 0 Å². The van der Waals surface area contributed by atoms with Crippen LogP contribution in [-0.4, -0.2) is 67.0 Å². The number of rotatable bonds is 3. The van der Waals surface area contributed by atoms with E-state index in [1.165, 1.54) is 0 Å². The molecule has 138 valence electrons. The number of nitrogens with one attached hydrogen (secondary N) is 1. The van der Waals surface area contributed by atoms with E-state index >= 15 is 0 Å². The maximum atomic E-state index is 13.1. The van der Waals surface area contributed by atoms with Gasteiger partial charge in [-0.05, 0) is 39.5 Å². The van der Waals surface area contributed by atoms with E-state index in [1.54, 1.807) is 4.31 Å². The molecule has 2 saturated heterocycles. The molecule has 3 rings (SSSR count). The first kappa shape index (κ1) is 18.1. The number of hydrogen-bond donors (Lipinski definition) is 1. The standard InChI is InChI=1S/C17H31N3O3S/c1-13-11-20(14(2)10-18-13)24(22,23)16-8-5-9-19(12-16)17(21)15-6-3-4-7-15/h13-16,18H,3-12H2,1-2H3. The first-order chi connectivity index (χ1) is 11.4. The summed E-state index contributed by atoms with van der Waals surface area (Å²) in [6.07, 6.45) is 5.66. The van der Waals surface area contributed by atoms with Crippen LogP contribution in [0.2, 0.25) is 0 Å². The number of piperazine rings is 1. The van der Waals surface area contributed by atoms with E-state index in [9.17, 15) is 13.2 Å². The zero-order valence-corrected chi connectivity index (χ0v) is 15.7. The second-order valence-corrected chi connectivity index (χ2v) is 9.97. The topological polar surface area (TPSA) is 69.7 Å². The molecule has 3 aliphatic rings. The van der Waals surface area contributed by atoms with Crippen LogP contribution in [0.1, 0.15) is 52.4 Å². The predicted octanol–water partition coefficient (Wildman–Crippen LogP) is 1.18. The lowest BCUT2D eigenvalue weighted by molar-refractivity contribution is -0.136. The Hall–Kier alpha value is -0.660. The second-order valence-electron chi connectivity index (χ2n) is 7.80. The van der Waals surface area contributed by atoms with Crippen LogP contribution in [0.15, 0.2) is 0 Å². The minimum atomic E-state index is -3.36. The molecule has 0 spiro atoms. The van der Waals surface area contributed by atoms with Crippen LogP contribution in [0.4, 0.5) is 0 Å². The van der Waals surface area contributed by atoms with Gasteiger partial charge in [0.2, 0.25) is 15.9 Å². The molecule has 3 atom stereocenters. The third kappa shape index (κ3) is 3.63. The van der Waals surface area contributed by atoms with Crippen molar-refractivity contribution < 1.29 is 13.2 Å². The lowest BCUT2D eigenvalue weighted by atomic mass is 10.0. The molecule has 3 fully saturated rings. The molecule has 0 aromatic rings. The van der Waals surface area contributed by atoms with Crippen molar-refractivity contribution in [1.82, 2.24) is 14.5 Å². The van der Waals surface area contributed by atoms with E-state index in [0.717, 1.165) is 38.6 Å². The van der Waals surface area contributed by atoms with E-state index in [2.05, 4.69) is 5.32 Å². The van der Waals surface area contributed by atoms with Gasteiger partial charge in [0.25, 0.3) is 0 Å². The van der Waals surface area contributed by atoms with Gasteiger partial charge < -0.3 is 10.2 Å². The molecule has 6 nitrogen and oxygen atoms in total. The lowest BCUT2D eigenvalue weighted by Gasteiger charge is -2.41. The van der Waals surface area contributed by atoms with Crippen molar-refractivity contribution in [2.75, 3.05) is 26.2 Å². The SMILES string of the molecule is CC1CN(S(=O)(=O)C2CCCN(C(=O)C3CCCC3)C2)C(C)CN1. The molecule has 0 aromatic heterocycles. The molecular formula is C17H31N3O3S. The Morgan fingerprint density at radius 3 is 2.46 bits per heavy atom. The molecule has 24 heavy (non-hydrogen) atoms. The number of carbonyl (C=O) groups is 1.